The van der Waals surface area contributed by atoms with Gasteiger partial charge in [0, 0.05) is 17.5 Å². The molecule has 0 amide bonds. The van der Waals surface area contributed by atoms with Crippen molar-refractivity contribution in [2.75, 3.05) is 5.32 Å². The van der Waals surface area contributed by atoms with Crippen molar-refractivity contribution in [2.45, 2.75) is 64.3 Å². The van der Waals surface area contributed by atoms with Crippen LogP contribution in [0.2, 0.25) is 0 Å². The molecule has 5 heteroatoms. The van der Waals surface area contributed by atoms with Crippen molar-refractivity contribution >= 4 is 23.1 Å². The van der Waals surface area contributed by atoms with Crippen LogP contribution in [-0.2, 0) is 5.41 Å². The highest BCUT2D eigenvalue weighted by atomic mass is 32.1. The fourth-order valence-corrected chi connectivity index (χ4v) is 2.54. The van der Waals surface area contributed by atoms with Crippen LogP contribution >= 0.6 is 12.2 Å². The van der Waals surface area contributed by atoms with Gasteiger partial charge in [0.2, 0.25) is 0 Å². The molecule has 0 spiro atoms. The van der Waals surface area contributed by atoms with Gasteiger partial charge >= 0.3 is 0 Å². The van der Waals surface area contributed by atoms with Crippen LogP contribution in [-0.4, -0.2) is 16.3 Å². The van der Waals surface area contributed by atoms with Crippen LogP contribution in [0.3, 0.4) is 0 Å². The first-order chi connectivity index (χ1) is 8.95. The third-order valence-electron chi connectivity index (χ3n) is 3.43. The number of rotatable bonds is 2. The van der Waals surface area contributed by atoms with Crippen LogP contribution in [0.25, 0.3) is 0 Å². The molecular formula is C14H23N3OS. The lowest BCUT2D eigenvalue weighted by atomic mass is 9.93. The summed E-state index contributed by atoms with van der Waals surface area (Å²) in [6.45, 7) is 6.28. The lowest BCUT2D eigenvalue weighted by Crippen LogP contribution is -2.38. The molecule has 0 radical (unpaired) electrons. The Labute approximate surface area is 120 Å². The normalized spacial score (nSPS) is 17.2. The lowest BCUT2D eigenvalue weighted by molar-refractivity contribution is 0.331. The maximum Gasteiger partial charge on any atom is 0.175 e. The van der Waals surface area contributed by atoms with Crippen molar-refractivity contribution in [3.8, 4) is 0 Å². The van der Waals surface area contributed by atoms with Gasteiger partial charge < -0.3 is 15.2 Å². The smallest absolute Gasteiger partial charge is 0.175 e. The van der Waals surface area contributed by atoms with Crippen molar-refractivity contribution in [1.82, 2.24) is 10.5 Å². The first-order valence-electron chi connectivity index (χ1n) is 7.00. The van der Waals surface area contributed by atoms with Gasteiger partial charge in [0.1, 0.15) is 5.76 Å². The summed E-state index contributed by atoms with van der Waals surface area (Å²) in [4.78, 5) is 0. The standard InChI is InChI=1S/C14H23N3OS/c1-14(2,3)11-9-12(17-18-11)16-13(19)15-10-7-5-4-6-8-10/h9-10H,4-8H2,1-3H3,(H2,15,16,17,19). The van der Waals surface area contributed by atoms with Crippen LogP contribution < -0.4 is 10.6 Å². The Bertz CT molecular complexity index is 430. The molecule has 4 nitrogen and oxygen atoms in total. The van der Waals surface area contributed by atoms with Gasteiger partial charge in [-0.2, -0.15) is 0 Å². The van der Waals surface area contributed by atoms with E-state index in [1.54, 1.807) is 0 Å². The molecule has 0 aromatic carbocycles. The van der Waals surface area contributed by atoms with Gasteiger partial charge in [-0.3, -0.25) is 0 Å². The number of hydrogen-bond acceptors (Lipinski definition) is 3. The van der Waals surface area contributed by atoms with Crippen molar-refractivity contribution < 1.29 is 4.52 Å². The Balaban J connectivity index is 1.86. The van der Waals surface area contributed by atoms with Crippen molar-refractivity contribution in [1.29, 1.82) is 0 Å². The Kier molecular flexibility index (Phi) is 4.45. The van der Waals surface area contributed by atoms with E-state index in [2.05, 4.69) is 36.6 Å². The quantitative estimate of drug-likeness (QED) is 0.811. The van der Waals surface area contributed by atoms with Crippen molar-refractivity contribution in [3.63, 3.8) is 0 Å². The van der Waals surface area contributed by atoms with Gasteiger partial charge in [-0.15, -0.1) is 0 Å². The highest BCUT2D eigenvalue weighted by molar-refractivity contribution is 7.80. The molecule has 1 heterocycles. The van der Waals surface area contributed by atoms with Gasteiger partial charge in [-0.05, 0) is 25.1 Å². The molecule has 2 rings (SSSR count). The molecule has 0 unspecified atom stereocenters. The molecule has 1 aliphatic rings. The van der Waals surface area contributed by atoms with E-state index in [1.807, 2.05) is 6.07 Å². The fraction of sp³-hybridized carbons (Fsp3) is 0.714. The summed E-state index contributed by atoms with van der Waals surface area (Å²) in [6.07, 6.45) is 6.33. The van der Waals surface area contributed by atoms with E-state index >= 15 is 0 Å². The summed E-state index contributed by atoms with van der Waals surface area (Å²) in [6, 6.07) is 2.41. The monoisotopic (exact) mass is 281 g/mol. The van der Waals surface area contributed by atoms with Crippen LogP contribution in [0.15, 0.2) is 10.6 Å². The zero-order valence-corrected chi connectivity index (χ0v) is 12.8. The van der Waals surface area contributed by atoms with Crippen molar-refractivity contribution in [2.24, 2.45) is 0 Å². The third-order valence-corrected chi connectivity index (χ3v) is 3.65. The van der Waals surface area contributed by atoms with Crippen molar-refractivity contribution in [3.05, 3.63) is 11.8 Å². The Morgan fingerprint density at radius 3 is 2.58 bits per heavy atom. The maximum atomic E-state index is 5.32. The summed E-state index contributed by atoms with van der Waals surface area (Å²) >= 11 is 5.32. The van der Waals surface area contributed by atoms with E-state index in [1.165, 1.54) is 32.1 Å². The molecule has 1 aromatic rings. The van der Waals surface area contributed by atoms with Gasteiger partial charge in [0.15, 0.2) is 10.9 Å². The minimum absolute atomic E-state index is 0.0364. The van der Waals surface area contributed by atoms with Gasteiger partial charge in [0.25, 0.3) is 0 Å². The zero-order valence-electron chi connectivity index (χ0n) is 12.0. The first-order valence-corrected chi connectivity index (χ1v) is 7.41. The molecule has 2 N–H and O–H groups in total. The van der Waals surface area contributed by atoms with Gasteiger partial charge in [-0.1, -0.05) is 45.2 Å². The van der Waals surface area contributed by atoms with Gasteiger partial charge in [-0.25, -0.2) is 0 Å². The summed E-state index contributed by atoms with van der Waals surface area (Å²) in [7, 11) is 0. The number of anilines is 1. The van der Waals surface area contributed by atoms with Crippen LogP contribution in [0, 0.1) is 0 Å². The molecule has 19 heavy (non-hydrogen) atoms. The van der Waals surface area contributed by atoms with E-state index in [9.17, 15) is 0 Å². The SMILES string of the molecule is CC(C)(C)c1cc(NC(=S)NC2CCCCC2)no1. The topological polar surface area (TPSA) is 50.1 Å². The second kappa shape index (κ2) is 5.90. The summed E-state index contributed by atoms with van der Waals surface area (Å²) in [5.74, 6) is 1.54. The predicted octanol–water partition coefficient (Wildman–Crippen LogP) is 3.59. The van der Waals surface area contributed by atoms with E-state index in [0.29, 0.717) is 17.0 Å². The molecular weight excluding hydrogens is 258 g/mol. The summed E-state index contributed by atoms with van der Waals surface area (Å²) in [5, 5.41) is 11.1. The largest absolute Gasteiger partial charge is 0.360 e. The average molecular weight is 281 g/mol. The molecule has 0 atom stereocenters. The number of thiocarbonyl (C=S) groups is 1. The number of hydrogen-bond donors (Lipinski definition) is 2. The molecule has 0 aliphatic heterocycles. The van der Waals surface area contributed by atoms with E-state index < -0.39 is 0 Å². The van der Waals surface area contributed by atoms with E-state index in [0.717, 1.165) is 5.76 Å². The molecule has 1 aromatic heterocycles. The minimum Gasteiger partial charge on any atom is -0.360 e. The molecule has 1 fully saturated rings. The lowest BCUT2D eigenvalue weighted by Gasteiger charge is -2.23. The number of nitrogens with one attached hydrogen (secondary N) is 2. The first kappa shape index (κ1) is 14.3. The van der Waals surface area contributed by atoms with E-state index in [4.69, 9.17) is 16.7 Å². The highest BCUT2D eigenvalue weighted by Gasteiger charge is 2.20. The third kappa shape index (κ3) is 4.20. The average Bonchev–Trinajstić information content (AvgIpc) is 2.78. The highest BCUT2D eigenvalue weighted by Crippen LogP contribution is 2.24. The number of aromatic nitrogens is 1. The second-order valence-corrected chi connectivity index (χ2v) is 6.67. The number of nitrogens with zero attached hydrogens (tertiary/aromatic N) is 1. The maximum absolute atomic E-state index is 5.32. The zero-order chi connectivity index (χ0) is 13.9. The Hall–Kier alpha value is -1.10. The fourth-order valence-electron chi connectivity index (χ4n) is 2.27. The van der Waals surface area contributed by atoms with Crippen LogP contribution in [0.4, 0.5) is 5.82 Å². The minimum atomic E-state index is -0.0364. The predicted molar refractivity (Wildman–Crippen MR) is 81.4 cm³/mol. The molecule has 106 valence electrons. The van der Waals surface area contributed by atoms with E-state index in [-0.39, 0.29) is 5.41 Å². The summed E-state index contributed by atoms with van der Waals surface area (Å²) in [5.41, 5.74) is -0.0364. The molecule has 1 aliphatic carbocycles. The molecule has 0 saturated heterocycles. The van der Waals surface area contributed by atoms with Crippen LogP contribution in [0.5, 0.6) is 0 Å². The Morgan fingerprint density at radius 1 is 1.32 bits per heavy atom. The summed E-state index contributed by atoms with van der Waals surface area (Å²) < 4.78 is 5.32. The molecule has 0 bridgehead atoms. The molecule has 1 saturated carbocycles. The second-order valence-electron chi connectivity index (χ2n) is 6.26. The van der Waals surface area contributed by atoms with Crippen LogP contribution in [0.1, 0.15) is 58.6 Å². The van der Waals surface area contributed by atoms with Gasteiger partial charge in [0.05, 0.1) is 0 Å². The Morgan fingerprint density at radius 2 is 2.00 bits per heavy atom.